The van der Waals surface area contributed by atoms with E-state index in [2.05, 4.69) is 5.32 Å². The Hall–Kier alpha value is -2.78. The van der Waals surface area contributed by atoms with Crippen LogP contribution in [0, 0.1) is 6.92 Å². The van der Waals surface area contributed by atoms with E-state index in [1.165, 1.54) is 29.2 Å². The zero-order valence-corrected chi connectivity index (χ0v) is 25.8. The topological polar surface area (TPSA) is 86.8 Å². The maximum Gasteiger partial charge on any atom is 0.264 e. The van der Waals surface area contributed by atoms with E-state index in [0.29, 0.717) is 38.3 Å². The monoisotopic (exact) mass is 623 g/mol. The van der Waals surface area contributed by atoms with Crippen LogP contribution in [0.25, 0.3) is 0 Å². The molecule has 0 heterocycles. The molecule has 2 amide bonds. The molecule has 214 valence electrons. The number of rotatable bonds is 11. The van der Waals surface area contributed by atoms with Gasteiger partial charge < -0.3 is 10.2 Å². The van der Waals surface area contributed by atoms with Gasteiger partial charge in [0.05, 0.1) is 10.6 Å². The second kappa shape index (κ2) is 13.7. The molecule has 0 aromatic heterocycles. The van der Waals surface area contributed by atoms with Crippen LogP contribution < -0.4 is 9.62 Å². The summed E-state index contributed by atoms with van der Waals surface area (Å²) in [4.78, 5) is 28.7. The van der Waals surface area contributed by atoms with Crippen molar-refractivity contribution in [2.45, 2.75) is 57.6 Å². The number of sulfonamides is 1. The number of aryl methyl sites for hydroxylation is 1. The van der Waals surface area contributed by atoms with Crippen molar-refractivity contribution in [3.63, 3.8) is 0 Å². The number of para-hydroxylation sites is 1. The van der Waals surface area contributed by atoms with E-state index in [1.807, 2.05) is 13.8 Å². The molecule has 1 atom stereocenters. The molecule has 11 heteroatoms. The molecule has 0 unspecified atom stereocenters. The van der Waals surface area contributed by atoms with Crippen LogP contribution >= 0.6 is 34.8 Å². The molecule has 0 bridgehead atoms. The molecule has 0 saturated heterocycles. The van der Waals surface area contributed by atoms with Crippen molar-refractivity contribution in [2.75, 3.05) is 10.8 Å². The molecule has 0 aliphatic carbocycles. The summed E-state index contributed by atoms with van der Waals surface area (Å²) in [6.45, 7) is 6.63. The van der Waals surface area contributed by atoms with Gasteiger partial charge in [-0.3, -0.25) is 13.9 Å². The van der Waals surface area contributed by atoms with Crippen molar-refractivity contribution >= 4 is 62.3 Å². The van der Waals surface area contributed by atoms with E-state index < -0.39 is 28.5 Å². The number of nitrogens with zero attached hydrogens (tertiary/aromatic N) is 2. The average Bonchev–Trinajstić information content (AvgIpc) is 2.88. The minimum Gasteiger partial charge on any atom is -0.352 e. The fraction of sp³-hybridized carbons (Fsp3) is 0.310. The minimum absolute atomic E-state index is 0.0233. The molecule has 0 radical (unpaired) electrons. The van der Waals surface area contributed by atoms with E-state index in [-0.39, 0.29) is 23.4 Å². The number of amides is 2. The van der Waals surface area contributed by atoms with Gasteiger partial charge >= 0.3 is 0 Å². The quantitative estimate of drug-likeness (QED) is 0.265. The van der Waals surface area contributed by atoms with Crippen molar-refractivity contribution in [3.05, 3.63) is 92.9 Å². The smallest absolute Gasteiger partial charge is 0.264 e. The number of benzene rings is 3. The van der Waals surface area contributed by atoms with Crippen LogP contribution in [-0.2, 0) is 26.2 Å². The van der Waals surface area contributed by atoms with Crippen LogP contribution in [0.3, 0.4) is 0 Å². The molecule has 40 heavy (non-hydrogen) atoms. The zero-order valence-electron chi connectivity index (χ0n) is 22.7. The Morgan fingerprint density at radius 1 is 0.925 bits per heavy atom. The van der Waals surface area contributed by atoms with Gasteiger partial charge in [-0.25, -0.2) is 8.42 Å². The molecular weight excluding hydrogens is 593 g/mol. The molecule has 0 saturated carbocycles. The number of hydrogen-bond donors (Lipinski definition) is 1. The van der Waals surface area contributed by atoms with Gasteiger partial charge in [0.1, 0.15) is 12.6 Å². The Morgan fingerprint density at radius 3 is 2.12 bits per heavy atom. The number of hydrogen-bond acceptors (Lipinski definition) is 4. The third-order valence-corrected chi connectivity index (χ3v) is 8.85. The van der Waals surface area contributed by atoms with E-state index >= 15 is 0 Å². The lowest BCUT2D eigenvalue weighted by Gasteiger charge is -2.34. The molecule has 1 N–H and O–H groups in total. The van der Waals surface area contributed by atoms with E-state index in [0.717, 1.165) is 4.31 Å². The molecule has 7 nitrogen and oxygen atoms in total. The Bertz CT molecular complexity index is 1460. The lowest BCUT2D eigenvalue weighted by Crippen LogP contribution is -2.53. The maximum atomic E-state index is 14.1. The summed E-state index contributed by atoms with van der Waals surface area (Å²) < 4.78 is 28.9. The lowest BCUT2D eigenvalue weighted by molar-refractivity contribution is -0.140. The van der Waals surface area contributed by atoms with E-state index in [1.54, 1.807) is 56.3 Å². The first-order valence-corrected chi connectivity index (χ1v) is 15.3. The summed E-state index contributed by atoms with van der Waals surface area (Å²) in [6, 6.07) is 16.5. The third kappa shape index (κ3) is 7.69. The average molecular weight is 625 g/mol. The highest BCUT2D eigenvalue weighted by Crippen LogP contribution is 2.29. The van der Waals surface area contributed by atoms with Crippen molar-refractivity contribution < 1.29 is 18.0 Å². The second-order valence-corrected chi connectivity index (χ2v) is 12.7. The number of anilines is 1. The van der Waals surface area contributed by atoms with Gasteiger partial charge in [-0.05, 0) is 80.8 Å². The van der Waals surface area contributed by atoms with E-state index in [9.17, 15) is 18.0 Å². The van der Waals surface area contributed by atoms with Crippen LogP contribution in [0.5, 0.6) is 0 Å². The van der Waals surface area contributed by atoms with Crippen LogP contribution in [0.4, 0.5) is 5.69 Å². The zero-order chi connectivity index (χ0) is 29.6. The molecular formula is C29H32Cl3N3O4S. The van der Waals surface area contributed by atoms with Crippen molar-refractivity contribution in [2.24, 2.45) is 0 Å². The van der Waals surface area contributed by atoms with Crippen LogP contribution in [0.1, 0.15) is 38.3 Å². The van der Waals surface area contributed by atoms with Gasteiger partial charge in [0.2, 0.25) is 11.8 Å². The Labute approximate surface area is 251 Å². The van der Waals surface area contributed by atoms with Gasteiger partial charge in [0.25, 0.3) is 10.0 Å². The highest BCUT2D eigenvalue weighted by atomic mass is 35.5. The van der Waals surface area contributed by atoms with Crippen molar-refractivity contribution in [3.8, 4) is 0 Å². The minimum atomic E-state index is -4.20. The van der Waals surface area contributed by atoms with Crippen molar-refractivity contribution in [1.29, 1.82) is 0 Å². The first-order chi connectivity index (χ1) is 18.8. The highest BCUT2D eigenvalue weighted by Gasteiger charge is 2.34. The van der Waals surface area contributed by atoms with Gasteiger partial charge in [-0.1, -0.05) is 66.0 Å². The fourth-order valence-corrected chi connectivity index (χ4v) is 6.30. The summed E-state index contributed by atoms with van der Waals surface area (Å²) in [7, 11) is -4.20. The van der Waals surface area contributed by atoms with Crippen LogP contribution in [0.2, 0.25) is 15.1 Å². The largest absolute Gasteiger partial charge is 0.352 e. The first-order valence-electron chi connectivity index (χ1n) is 12.7. The van der Waals surface area contributed by atoms with Crippen LogP contribution in [-0.4, -0.2) is 43.8 Å². The van der Waals surface area contributed by atoms with Gasteiger partial charge in [0, 0.05) is 27.7 Å². The summed E-state index contributed by atoms with van der Waals surface area (Å²) in [5.74, 6) is -0.920. The highest BCUT2D eigenvalue weighted by molar-refractivity contribution is 7.92. The molecule has 0 aliphatic heterocycles. The number of nitrogens with one attached hydrogen (secondary N) is 1. The summed E-state index contributed by atoms with van der Waals surface area (Å²) >= 11 is 18.5. The second-order valence-electron chi connectivity index (χ2n) is 9.60. The predicted molar refractivity (Wildman–Crippen MR) is 162 cm³/mol. The predicted octanol–water partition coefficient (Wildman–Crippen LogP) is 6.48. The van der Waals surface area contributed by atoms with Gasteiger partial charge in [-0.2, -0.15) is 0 Å². The van der Waals surface area contributed by atoms with Crippen LogP contribution in [0.15, 0.2) is 71.6 Å². The fourth-order valence-electron chi connectivity index (χ4n) is 4.22. The van der Waals surface area contributed by atoms with E-state index in [4.69, 9.17) is 34.8 Å². The Morgan fingerprint density at radius 2 is 1.55 bits per heavy atom. The molecule has 3 rings (SSSR count). The third-order valence-electron chi connectivity index (χ3n) is 6.24. The Balaban J connectivity index is 2.10. The molecule has 3 aromatic rings. The molecule has 0 aliphatic rings. The van der Waals surface area contributed by atoms with Gasteiger partial charge in [-0.15, -0.1) is 0 Å². The molecule has 3 aromatic carbocycles. The Kier molecular flexibility index (Phi) is 10.9. The number of carbonyl (C=O) groups is 2. The summed E-state index contributed by atoms with van der Waals surface area (Å²) in [6.07, 6.45) is 0.295. The number of halogens is 3. The standard InChI is InChI=1S/C29H32Cl3N3O4S/c1-5-26(29(37)33-19(2)3)34(17-21-10-11-23(31)16-25(21)32)28(36)18-35(27-9-7-6-8-20(27)4)40(38,39)24-14-12-22(30)13-15-24/h6-16,19,26H,5,17-18H2,1-4H3,(H,33,37)/t26-/m0/s1. The first kappa shape index (κ1) is 31.7. The van der Waals surface area contributed by atoms with Crippen molar-refractivity contribution in [1.82, 2.24) is 10.2 Å². The normalized spacial score (nSPS) is 12.2. The maximum absolute atomic E-state index is 14.1. The summed E-state index contributed by atoms with van der Waals surface area (Å²) in [5.41, 5.74) is 1.57. The lowest BCUT2D eigenvalue weighted by atomic mass is 10.1. The SMILES string of the molecule is CC[C@@H](C(=O)NC(C)C)N(Cc1ccc(Cl)cc1Cl)C(=O)CN(c1ccccc1C)S(=O)(=O)c1ccc(Cl)cc1. The molecule has 0 spiro atoms. The number of carbonyl (C=O) groups excluding carboxylic acids is 2. The summed E-state index contributed by atoms with van der Waals surface area (Å²) in [5, 5.41) is 4.00. The van der Waals surface area contributed by atoms with Gasteiger partial charge in [0.15, 0.2) is 0 Å². The molecule has 0 fully saturated rings.